The summed E-state index contributed by atoms with van der Waals surface area (Å²) in [5.74, 6) is -0.364. The normalized spacial score (nSPS) is 14.3. The Morgan fingerprint density at radius 3 is 2.12 bits per heavy atom. The summed E-state index contributed by atoms with van der Waals surface area (Å²) in [6.07, 6.45) is 4.84. The van der Waals surface area contributed by atoms with Crippen molar-refractivity contribution < 1.29 is 9.59 Å². The molecule has 2 amide bonds. The van der Waals surface area contributed by atoms with E-state index < -0.39 is 11.3 Å². The molecule has 0 spiro atoms. The largest absolute Gasteiger partial charge is 0.350 e. The molecule has 0 unspecified atom stereocenters. The van der Waals surface area contributed by atoms with Gasteiger partial charge in [-0.25, -0.2) is 0 Å². The maximum atomic E-state index is 13.4. The lowest BCUT2D eigenvalue weighted by atomic mass is 9.89. The van der Waals surface area contributed by atoms with Gasteiger partial charge in [0.2, 0.25) is 5.43 Å². The fourth-order valence-electron chi connectivity index (χ4n) is 4.39. The number of nitrogens with zero attached hydrogens (tertiary/aromatic N) is 2. The van der Waals surface area contributed by atoms with Crippen LogP contribution in [0.3, 0.4) is 0 Å². The molecule has 6 nitrogen and oxygen atoms in total. The van der Waals surface area contributed by atoms with Gasteiger partial charge in [0.15, 0.2) is 0 Å². The number of benzene rings is 2. The molecule has 4 rings (SSSR count). The second-order valence-corrected chi connectivity index (χ2v) is 9.10. The van der Waals surface area contributed by atoms with Crippen molar-refractivity contribution in [3.8, 4) is 0 Å². The summed E-state index contributed by atoms with van der Waals surface area (Å²) < 4.78 is 1.77. The number of pyridine rings is 1. The third-order valence-corrected chi connectivity index (χ3v) is 6.47. The molecule has 0 saturated carbocycles. The van der Waals surface area contributed by atoms with Crippen LogP contribution in [0.25, 0.3) is 0 Å². The van der Waals surface area contributed by atoms with Crippen LogP contribution in [0.4, 0.5) is 0 Å². The molecular weight excluding hydrogens is 426 g/mol. The molecular formula is C28H31N3O3. The third kappa shape index (κ3) is 5.28. The summed E-state index contributed by atoms with van der Waals surface area (Å²) in [6.45, 7) is 5.39. The molecule has 2 aromatic carbocycles. The van der Waals surface area contributed by atoms with Crippen molar-refractivity contribution in [2.45, 2.75) is 45.2 Å². The van der Waals surface area contributed by atoms with E-state index in [1.54, 1.807) is 21.9 Å². The second-order valence-electron chi connectivity index (χ2n) is 9.10. The van der Waals surface area contributed by atoms with Crippen LogP contribution < -0.4 is 10.7 Å². The van der Waals surface area contributed by atoms with E-state index in [2.05, 4.69) is 17.4 Å². The summed E-state index contributed by atoms with van der Waals surface area (Å²) in [5, 5.41) is 2.81. The number of carbonyl (C=O) groups is 2. The first-order valence-corrected chi connectivity index (χ1v) is 11.9. The van der Waals surface area contributed by atoms with Gasteiger partial charge >= 0.3 is 0 Å². The first-order valence-electron chi connectivity index (χ1n) is 11.9. The molecule has 2 heterocycles. The SMILES string of the molecule is CC(C)n1cc(C(=O)NCc2ccccc2)c(=O)c(C(=O)N2CCC(c3ccccc3)CC2)c1. The summed E-state index contributed by atoms with van der Waals surface area (Å²) >= 11 is 0. The minimum absolute atomic E-state index is 0.00311. The summed E-state index contributed by atoms with van der Waals surface area (Å²) in [5.41, 5.74) is 1.76. The zero-order valence-electron chi connectivity index (χ0n) is 19.7. The van der Waals surface area contributed by atoms with Crippen LogP contribution in [0.15, 0.2) is 77.9 Å². The first kappa shape index (κ1) is 23.5. The molecule has 1 N–H and O–H groups in total. The minimum Gasteiger partial charge on any atom is -0.350 e. The fourth-order valence-corrected chi connectivity index (χ4v) is 4.39. The molecule has 1 aromatic heterocycles. The number of rotatable bonds is 6. The predicted molar refractivity (Wildman–Crippen MR) is 133 cm³/mol. The number of carbonyl (C=O) groups excluding carboxylic acids is 2. The van der Waals surface area contributed by atoms with Crippen molar-refractivity contribution in [3.05, 3.63) is 106 Å². The number of amides is 2. The number of piperidine rings is 1. The lowest BCUT2D eigenvalue weighted by Gasteiger charge is -2.32. The van der Waals surface area contributed by atoms with Crippen LogP contribution >= 0.6 is 0 Å². The van der Waals surface area contributed by atoms with Crippen molar-refractivity contribution in [2.24, 2.45) is 0 Å². The van der Waals surface area contributed by atoms with Gasteiger partial charge in [-0.2, -0.15) is 0 Å². The Bertz CT molecular complexity index is 1190. The number of aromatic nitrogens is 1. The lowest BCUT2D eigenvalue weighted by molar-refractivity contribution is 0.0710. The Morgan fingerprint density at radius 1 is 0.912 bits per heavy atom. The maximum absolute atomic E-state index is 13.4. The van der Waals surface area contributed by atoms with Crippen molar-refractivity contribution in [1.29, 1.82) is 0 Å². The number of nitrogens with one attached hydrogen (secondary N) is 1. The van der Waals surface area contributed by atoms with E-state index in [0.717, 1.165) is 18.4 Å². The molecule has 0 aliphatic carbocycles. The zero-order valence-corrected chi connectivity index (χ0v) is 19.7. The van der Waals surface area contributed by atoms with E-state index in [4.69, 9.17) is 0 Å². The Morgan fingerprint density at radius 2 is 1.50 bits per heavy atom. The molecule has 0 atom stereocenters. The van der Waals surface area contributed by atoms with Crippen molar-refractivity contribution in [2.75, 3.05) is 13.1 Å². The maximum Gasteiger partial charge on any atom is 0.259 e. The molecule has 6 heteroatoms. The number of likely N-dealkylation sites (tertiary alicyclic amines) is 1. The van der Waals surface area contributed by atoms with Crippen LogP contribution in [0.1, 0.15) is 70.5 Å². The number of hydrogen-bond acceptors (Lipinski definition) is 3. The van der Waals surface area contributed by atoms with Crippen LogP contribution in [0.2, 0.25) is 0 Å². The van der Waals surface area contributed by atoms with E-state index in [-0.39, 0.29) is 23.1 Å². The zero-order chi connectivity index (χ0) is 24.1. The Kier molecular flexibility index (Phi) is 7.26. The molecule has 0 radical (unpaired) electrons. The van der Waals surface area contributed by atoms with Gasteiger partial charge in [-0.05, 0) is 43.7 Å². The van der Waals surface area contributed by atoms with Gasteiger partial charge in [-0.3, -0.25) is 14.4 Å². The van der Waals surface area contributed by atoms with Gasteiger partial charge < -0.3 is 14.8 Å². The molecule has 176 valence electrons. The van der Waals surface area contributed by atoms with E-state index in [9.17, 15) is 14.4 Å². The monoisotopic (exact) mass is 457 g/mol. The highest BCUT2D eigenvalue weighted by atomic mass is 16.2. The van der Waals surface area contributed by atoms with Gasteiger partial charge in [-0.15, -0.1) is 0 Å². The van der Waals surface area contributed by atoms with Crippen molar-refractivity contribution >= 4 is 11.8 Å². The molecule has 1 aliphatic rings. The van der Waals surface area contributed by atoms with E-state index in [1.165, 1.54) is 5.56 Å². The fraction of sp³-hybridized carbons (Fsp3) is 0.321. The second kappa shape index (κ2) is 10.5. The van der Waals surface area contributed by atoms with Crippen LogP contribution in [0, 0.1) is 0 Å². The summed E-state index contributed by atoms with van der Waals surface area (Å²) in [6, 6.07) is 19.8. The van der Waals surface area contributed by atoms with Gasteiger partial charge in [0.05, 0.1) is 0 Å². The van der Waals surface area contributed by atoms with Crippen LogP contribution in [0.5, 0.6) is 0 Å². The topological polar surface area (TPSA) is 71.4 Å². The molecule has 1 fully saturated rings. The Labute approximate surface area is 200 Å². The van der Waals surface area contributed by atoms with Gasteiger partial charge in [-0.1, -0.05) is 60.7 Å². The predicted octanol–water partition coefficient (Wildman–Crippen LogP) is 4.38. The summed E-state index contributed by atoms with van der Waals surface area (Å²) in [4.78, 5) is 41.3. The quantitative estimate of drug-likeness (QED) is 0.597. The average molecular weight is 458 g/mol. The highest BCUT2D eigenvalue weighted by molar-refractivity contribution is 5.99. The molecule has 1 saturated heterocycles. The molecule has 34 heavy (non-hydrogen) atoms. The highest BCUT2D eigenvalue weighted by Crippen LogP contribution is 2.28. The van der Waals surface area contributed by atoms with E-state index in [0.29, 0.717) is 25.6 Å². The van der Waals surface area contributed by atoms with E-state index in [1.807, 2.05) is 62.4 Å². The van der Waals surface area contributed by atoms with E-state index >= 15 is 0 Å². The number of hydrogen-bond donors (Lipinski definition) is 1. The van der Waals surface area contributed by atoms with Crippen LogP contribution in [-0.2, 0) is 6.54 Å². The van der Waals surface area contributed by atoms with Crippen molar-refractivity contribution in [1.82, 2.24) is 14.8 Å². The molecule has 1 aliphatic heterocycles. The average Bonchev–Trinajstić information content (AvgIpc) is 2.88. The minimum atomic E-state index is -0.516. The standard InChI is InChI=1S/C28H31N3O3/c1-20(2)31-18-24(27(33)29-17-21-9-5-3-6-10-21)26(32)25(19-31)28(34)30-15-13-23(14-16-30)22-11-7-4-8-12-22/h3-12,18-20,23H,13-17H2,1-2H3,(H,29,33). The molecule has 0 bridgehead atoms. The van der Waals surface area contributed by atoms with Gasteiger partial charge in [0.25, 0.3) is 11.8 Å². The molecule has 3 aromatic rings. The van der Waals surface area contributed by atoms with Crippen LogP contribution in [-0.4, -0.2) is 34.4 Å². The van der Waals surface area contributed by atoms with Crippen molar-refractivity contribution in [3.63, 3.8) is 0 Å². The Balaban J connectivity index is 1.53. The summed E-state index contributed by atoms with van der Waals surface area (Å²) in [7, 11) is 0. The lowest BCUT2D eigenvalue weighted by Crippen LogP contribution is -2.41. The smallest absolute Gasteiger partial charge is 0.259 e. The third-order valence-electron chi connectivity index (χ3n) is 6.47. The van der Waals surface area contributed by atoms with Gasteiger partial charge in [0.1, 0.15) is 11.1 Å². The highest BCUT2D eigenvalue weighted by Gasteiger charge is 2.28. The first-order chi connectivity index (χ1) is 16.4. The van der Waals surface area contributed by atoms with Gasteiger partial charge in [0, 0.05) is 38.1 Å². The Hall–Kier alpha value is -3.67.